The highest BCUT2D eigenvalue weighted by Gasteiger charge is 2.31. The van der Waals surface area contributed by atoms with Gasteiger partial charge in [0.1, 0.15) is 23.1 Å². The maximum atomic E-state index is 13.3. The van der Waals surface area contributed by atoms with E-state index in [9.17, 15) is 9.59 Å². The van der Waals surface area contributed by atoms with Crippen molar-refractivity contribution in [3.8, 4) is 5.75 Å². The van der Waals surface area contributed by atoms with Gasteiger partial charge in [-0.15, -0.1) is 11.3 Å². The number of aromatic nitrogens is 1. The first-order valence-corrected chi connectivity index (χ1v) is 12.8. The fourth-order valence-electron chi connectivity index (χ4n) is 4.13. The monoisotopic (exact) mass is 497 g/mol. The summed E-state index contributed by atoms with van der Waals surface area (Å²) in [5.74, 6) is 0.706. The van der Waals surface area contributed by atoms with Crippen LogP contribution in [-0.2, 0) is 6.61 Å². The minimum Gasteiger partial charge on any atom is -0.486 e. The third-order valence-electron chi connectivity index (χ3n) is 5.89. The summed E-state index contributed by atoms with van der Waals surface area (Å²) in [5.41, 5.74) is 1.16. The van der Waals surface area contributed by atoms with Gasteiger partial charge in [-0.25, -0.2) is 4.98 Å². The molecule has 2 heterocycles. The van der Waals surface area contributed by atoms with Crippen LogP contribution < -0.4 is 4.74 Å². The Kier molecular flexibility index (Phi) is 8.19. The number of nitrogens with zero attached hydrogens (tertiary/aromatic N) is 3. The molecule has 2 amide bonds. The molecule has 0 bridgehead atoms. The van der Waals surface area contributed by atoms with Gasteiger partial charge < -0.3 is 14.5 Å². The van der Waals surface area contributed by atoms with Crippen molar-refractivity contribution in [3.05, 3.63) is 81.3 Å². The van der Waals surface area contributed by atoms with Gasteiger partial charge in [0.2, 0.25) is 0 Å². The number of piperidine rings is 1. The van der Waals surface area contributed by atoms with Crippen molar-refractivity contribution in [3.63, 3.8) is 0 Å². The van der Waals surface area contributed by atoms with E-state index in [4.69, 9.17) is 16.3 Å². The van der Waals surface area contributed by atoms with E-state index in [2.05, 4.69) is 11.9 Å². The molecule has 1 aliphatic rings. The van der Waals surface area contributed by atoms with Crippen LogP contribution in [0.2, 0.25) is 5.02 Å². The van der Waals surface area contributed by atoms with Crippen molar-refractivity contribution in [2.45, 2.75) is 38.8 Å². The number of likely N-dealkylation sites (tertiary alicyclic amines) is 1. The molecular formula is C26H28ClN3O3S. The standard InChI is InChI=1S/C26H28ClN3O3S/c1-2-14-30(21-12-15-29(16-13-21)25(31)19-6-4-3-5-7-19)26(32)23-18-34-24(28-23)17-33-22-10-8-20(27)9-11-22/h3-11,18,21H,2,12-17H2,1H3. The number of carbonyl (C=O) groups is 2. The summed E-state index contributed by atoms with van der Waals surface area (Å²) in [6.07, 6.45) is 2.40. The number of halogens is 1. The molecule has 0 unspecified atom stereocenters. The number of carbonyl (C=O) groups excluding carboxylic acids is 2. The number of amides is 2. The summed E-state index contributed by atoms with van der Waals surface area (Å²) in [4.78, 5) is 34.4. The van der Waals surface area contributed by atoms with E-state index in [0.29, 0.717) is 48.3 Å². The van der Waals surface area contributed by atoms with Crippen LogP contribution in [0.5, 0.6) is 5.75 Å². The predicted octanol–water partition coefficient (Wildman–Crippen LogP) is 5.53. The van der Waals surface area contributed by atoms with Crippen LogP contribution in [-0.4, -0.2) is 52.3 Å². The third-order valence-corrected chi connectivity index (χ3v) is 6.96. The fraction of sp³-hybridized carbons (Fsp3) is 0.346. The van der Waals surface area contributed by atoms with Crippen LogP contribution in [0, 0.1) is 0 Å². The van der Waals surface area contributed by atoms with Crippen molar-refractivity contribution in [1.82, 2.24) is 14.8 Å². The van der Waals surface area contributed by atoms with Gasteiger partial charge in [-0.2, -0.15) is 0 Å². The lowest BCUT2D eigenvalue weighted by Crippen LogP contribution is -2.49. The Morgan fingerprint density at radius 2 is 1.82 bits per heavy atom. The molecule has 0 aliphatic carbocycles. The lowest BCUT2D eigenvalue weighted by molar-refractivity contribution is 0.0515. The van der Waals surface area contributed by atoms with Gasteiger partial charge in [-0.3, -0.25) is 9.59 Å². The van der Waals surface area contributed by atoms with E-state index in [-0.39, 0.29) is 17.9 Å². The second-order valence-corrected chi connectivity index (χ2v) is 9.64. The summed E-state index contributed by atoms with van der Waals surface area (Å²) in [6.45, 7) is 4.32. The average Bonchev–Trinajstić information content (AvgIpc) is 3.36. The lowest BCUT2D eigenvalue weighted by atomic mass is 10.0. The third kappa shape index (κ3) is 5.96. The first-order chi connectivity index (χ1) is 16.5. The highest BCUT2D eigenvalue weighted by molar-refractivity contribution is 7.09. The number of rotatable bonds is 8. The molecular weight excluding hydrogens is 470 g/mol. The van der Waals surface area contributed by atoms with E-state index in [1.54, 1.807) is 29.6 Å². The molecule has 3 aromatic rings. The Morgan fingerprint density at radius 1 is 1.12 bits per heavy atom. The van der Waals surface area contributed by atoms with Crippen LogP contribution in [0.25, 0.3) is 0 Å². The van der Waals surface area contributed by atoms with Crippen LogP contribution in [0.15, 0.2) is 60.0 Å². The lowest BCUT2D eigenvalue weighted by Gasteiger charge is -2.38. The maximum absolute atomic E-state index is 13.3. The fourth-order valence-corrected chi connectivity index (χ4v) is 4.94. The number of benzene rings is 2. The molecule has 0 atom stereocenters. The van der Waals surface area contributed by atoms with Crippen LogP contribution >= 0.6 is 22.9 Å². The Labute approximate surface area is 209 Å². The summed E-state index contributed by atoms with van der Waals surface area (Å²) in [7, 11) is 0. The highest BCUT2D eigenvalue weighted by atomic mass is 35.5. The summed E-state index contributed by atoms with van der Waals surface area (Å²) < 4.78 is 5.76. The number of ether oxygens (including phenoxy) is 1. The maximum Gasteiger partial charge on any atom is 0.273 e. The quantitative estimate of drug-likeness (QED) is 0.410. The van der Waals surface area contributed by atoms with Crippen molar-refractivity contribution in [1.29, 1.82) is 0 Å². The van der Waals surface area contributed by atoms with Crippen LogP contribution in [0.3, 0.4) is 0 Å². The van der Waals surface area contributed by atoms with Gasteiger partial charge in [-0.1, -0.05) is 36.7 Å². The van der Waals surface area contributed by atoms with Gasteiger partial charge in [0, 0.05) is 41.6 Å². The van der Waals surface area contributed by atoms with Gasteiger partial charge in [0.25, 0.3) is 11.8 Å². The van der Waals surface area contributed by atoms with Crippen LogP contribution in [0.4, 0.5) is 0 Å². The van der Waals surface area contributed by atoms with Crippen molar-refractivity contribution >= 4 is 34.8 Å². The molecule has 1 fully saturated rings. The Bertz CT molecular complexity index is 1100. The van der Waals surface area contributed by atoms with E-state index in [1.807, 2.05) is 40.1 Å². The molecule has 2 aromatic carbocycles. The minimum absolute atomic E-state index is 0.0521. The van der Waals surface area contributed by atoms with Crippen molar-refractivity contribution in [2.75, 3.05) is 19.6 Å². The van der Waals surface area contributed by atoms with E-state index in [1.165, 1.54) is 11.3 Å². The largest absolute Gasteiger partial charge is 0.486 e. The topological polar surface area (TPSA) is 62.7 Å². The summed E-state index contributed by atoms with van der Waals surface area (Å²) >= 11 is 7.33. The zero-order chi connectivity index (χ0) is 23.9. The molecule has 178 valence electrons. The number of thiazole rings is 1. The summed E-state index contributed by atoms with van der Waals surface area (Å²) in [5, 5.41) is 3.21. The zero-order valence-electron chi connectivity index (χ0n) is 19.2. The predicted molar refractivity (Wildman–Crippen MR) is 135 cm³/mol. The molecule has 34 heavy (non-hydrogen) atoms. The molecule has 4 rings (SSSR count). The van der Waals surface area contributed by atoms with E-state index in [0.717, 1.165) is 24.3 Å². The molecule has 0 radical (unpaired) electrons. The molecule has 0 spiro atoms. The SMILES string of the molecule is CCCN(C(=O)c1csc(COc2ccc(Cl)cc2)n1)C1CCN(C(=O)c2ccccc2)CC1. The molecule has 1 aliphatic heterocycles. The zero-order valence-corrected chi connectivity index (χ0v) is 20.7. The van der Waals surface area contributed by atoms with Crippen molar-refractivity contribution in [2.24, 2.45) is 0 Å². The Balaban J connectivity index is 1.35. The second-order valence-electron chi connectivity index (χ2n) is 8.26. The first-order valence-electron chi connectivity index (χ1n) is 11.5. The van der Waals surface area contributed by atoms with Crippen LogP contribution in [0.1, 0.15) is 52.0 Å². The molecule has 8 heteroatoms. The minimum atomic E-state index is -0.0521. The number of hydrogen-bond donors (Lipinski definition) is 0. The van der Waals surface area contributed by atoms with Gasteiger partial charge in [-0.05, 0) is 55.7 Å². The van der Waals surface area contributed by atoms with Gasteiger partial charge >= 0.3 is 0 Å². The van der Waals surface area contributed by atoms with E-state index < -0.39 is 0 Å². The first kappa shape index (κ1) is 24.2. The molecule has 0 N–H and O–H groups in total. The summed E-state index contributed by atoms with van der Waals surface area (Å²) in [6, 6.07) is 16.6. The molecule has 1 saturated heterocycles. The average molecular weight is 498 g/mol. The Hall–Kier alpha value is -2.90. The van der Waals surface area contributed by atoms with Gasteiger partial charge in [0.05, 0.1) is 0 Å². The van der Waals surface area contributed by atoms with Gasteiger partial charge in [0.15, 0.2) is 0 Å². The number of hydrogen-bond acceptors (Lipinski definition) is 5. The second kappa shape index (κ2) is 11.5. The highest BCUT2D eigenvalue weighted by Crippen LogP contribution is 2.23. The smallest absolute Gasteiger partial charge is 0.273 e. The molecule has 0 saturated carbocycles. The van der Waals surface area contributed by atoms with E-state index >= 15 is 0 Å². The van der Waals surface area contributed by atoms with Crippen molar-refractivity contribution < 1.29 is 14.3 Å². The molecule has 1 aromatic heterocycles. The Morgan fingerprint density at radius 3 is 2.50 bits per heavy atom. The molecule has 6 nitrogen and oxygen atoms in total. The normalized spacial score (nSPS) is 14.1.